The molecule has 19 heavy (non-hydrogen) atoms. The van der Waals surface area contributed by atoms with Crippen LogP contribution in [-0.2, 0) is 6.54 Å². The second kappa shape index (κ2) is 6.26. The number of nitrogens with zero attached hydrogens (tertiary/aromatic N) is 3. The molecule has 0 spiro atoms. The Labute approximate surface area is 119 Å². The number of urea groups is 1. The van der Waals surface area contributed by atoms with Crippen molar-refractivity contribution in [3.63, 3.8) is 0 Å². The minimum atomic E-state index is 0.0948. The van der Waals surface area contributed by atoms with Gasteiger partial charge in [0.05, 0.1) is 0 Å². The Morgan fingerprint density at radius 1 is 1.21 bits per heavy atom. The van der Waals surface area contributed by atoms with E-state index in [-0.39, 0.29) is 6.03 Å². The van der Waals surface area contributed by atoms with Gasteiger partial charge in [0.2, 0.25) is 0 Å². The summed E-state index contributed by atoms with van der Waals surface area (Å²) in [6, 6.07) is 8.02. The third kappa shape index (κ3) is 3.61. The van der Waals surface area contributed by atoms with E-state index >= 15 is 0 Å². The van der Waals surface area contributed by atoms with Crippen LogP contribution in [0.3, 0.4) is 0 Å². The average Bonchev–Trinajstić information content (AvgIpc) is 2.41. The first-order valence-corrected chi connectivity index (χ1v) is 6.87. The van der Waals surface area contributed by atoms with Crippen LogP contribution in [0.1, 0.15) is 5.56 Å². The number of piperazine rings is 1. The third-order valence-electron chi connectivity index (χ3n) is 3.38. The molecule has 2 amide bonds. The van der Waals surface area contributed by atoms with Crippen LogP contribution in [0.4, 0.5) is 4.79 Å². The molecule has 1 aromatic carbocycles. The zero-order valence-corrected chi connectivity index (χ0v) is 12.2. The Hall–Kier alpha value is -1.26. The Morgan fingerprint density at radius 2 is 1.84 bits per heavy atom. The number of hydrogen-bond acceptors (Lipinski definition) is 2. The predicted octanol–water partition coefficient (Wildman–Crippen LogP) is 2.14. The summed E-state index contributed by atoms with van der Waals surface area (Å²) < 4.78 is 0. The summed E-state index contributed by atoms with van der Waals surface area (Å²) >= 11 is 6.17. The van der Waals surface area contributed by atoms with Crippen molar-refractivity contribution in [3.05, 3.63) is 34.9 Å². The first-order valence-electron chi connectivity index (χ1n) is 6.50. The number of benzene rings is 1. The van der Waals surface area contributed by atoms with Gasteiger partial charge in [-0.3, -0.25) is 4.90 Å². The topological polar surface area (TPSA) is 26.8 Å². The zero-order chi connectivity index (χ0) is 13.8. The molecule has 0 aliphatic carbocycles. The van der Waals surface area contributed by atoms with Crippen LogP contribution in [0.15, 0.2) is 24.3 Å². The monoisotopic (exact) mass is 281 g/mol. The van der Waals surface area contributed by atoms with Crippen LogP contribution in [0.2, 0.25) is 5.02 Å². The van der Waals surface area contributed by atoms with E-state index in [4.69, 9.17) is 11.6 Å². The molecule has 1 saturated heterocycles. The normalized spacial score (nSPS) is 16.5. The van der Waals surface area contributed by atoms with E-state index in [2.05, 4.69) is 11.0 Å². The Balaban J connectivity index is 1.87. The van der Waals surface area contributed by atoms with Crippen molar-refractivity contribution in [2.24, 2.45) is 0 Å². The van der Waals surface area contributed by atoms with Gasteiger partial charge in [-0.05, 0) is 11.6 Å². The van der Waals surface area contributed by atoms with E-state index in [0.29, 0.717) is 0 Å². The summed E-state index contributed by atoms with van der Waals surface area (Å²) in [5, 5.41) is 0.814. The number of carbonyl (C=O) groups is 1. The van der Waals surface area contributed by atoms with Gasteiger partial charge in [0.1, 0.15) is 0 Å². The van der Waals surface area contributed by atoms with Crippen molar-refractivity contribution in [3.8, 4) is 0 Å². The van der Waals surface area contributed by atoms with Crippen molar-refractivity contribution in [1.82, 2.24) is 14.7 Å². The van der Waals surface area contributed by atoms with Gasteiger partial charge < -0.3 is 9.80 Å². The number of halogens is 1. The molecule has 1 aliphatic heterocycles. The molecule has 1 aliphatic rings. The van der Waals surface area contributed by atoms with Crippen LogP contribution < -0.4 is 0 Å². The lowest BCUT2D eigenvalue weighted by Crippen LogP contribution is -2.51. The molecule has 1 heterocycles. The van der Waals surface area contributed by atoms with Crippen LogP contribution in [0.25, 0.3) is 0 Å². The Morgan fingerprint density at radius 3 is 2.42 bits per heavy atom. The summed E-state index contributed by atoms with van der Waals surface area (Å²) in [7, 11) is 3.58. The molecule has 5 heteroatoms. The zero-order valence-electron chi connectivity index (χ0n) is 11.5. The average molecular weight is 282 g/mol. The van der Waals surface area contributed by atoms with Crippen molar-refractivity contribution in [1.29, 1.82) is 0 Å². The number of rotatable bonds is 2. The summed E-state index contributed by atoms with van der Waals surface area (Å²) in [5.74, 6) is 0. The first-order chi connectivity index (χ1) is 9.08. The van der Waals surface area contributed by atoms with Gasteiger partial charge in [0.15, 0.2) is 0 Å². The molecule has 2 rings (SSSR count). The lowest BCUT2D eigenvalue weighted by Gasteiger charge is -2.36. The summed E-state index contributed by atoms with van der Waals surface area (Å²) in [6.07, 6.45) is 0. The van der Waals surface area contributed by atoms with E-state index in [1.54, 1.807) is 19.0 Å². The minimum absolute atomic E-state index is 0.0948. The minimum Gasteiger partial charge on any atom is -0.331 e. The SMILES string of the molecule is CN(C)C(=O)N1CCN(Cc2ccccc2Cl)CC1. The van der Waals surface area contributed by atoms with E-state index < -0.39 is 0 Å². The molecule has 0 N–H and O–H groups in total. The van der Waals surface area contributed by atoms with Crippen molar-refractivity contribution in [2.75, 3.05) is 40.3 Å². The first kappa shape index (κ1) is 14.2. The second-order valence-electron chi connectivity index (χ2n) is 5.03. The van der Waals surface area contributed by atoms with Gasteiger partial charge in [-0.1, -0.05) is 29.8 Å². The predicted molar refractivity (Wildman–Crippen MR) is 77.4 cm³/mol. The van der Waals surface area contributed by atoms with Crippen LogP contribution >= 0.6 is 11.6 Å². The molecule has 0 aromatic heterocycles. The van der Waals surface area contributed by atoms with Crippen molar-refractivity contribution < 1.29 is 4.79 Å². The highest BCUT2D eigenvalue weighted by molar-refractivity contribution is 6.31. The smallest absolute Gasteiger partial charge is 0.319 e. The van der Waals surface area contributed by atoms with Crippen molar-refractivity contribution in [2.45, 2.75) is 6.54 Å². The lowest BCUT2D eigenvalue weighted by atomic mass is 10.2. The fourth-order valence-corrected chi connectivity index (χ4v) is 2.44. The summed E-state index contributed by atoms with van der Waals surface area (Å²) in [5.41, 5.74) is 1.15. The number of carbonyl (C=O) groups excluding carboxylic acids is 1. The maximum atomic E-state index is 11.8. The van der Waals surface area contributed by atoms with E-state index in [1.165, 1.54) is 0 Å². The fraction of sp³-hybridized carbons (Fsp3) is 0.500. The molecular formula is C14H20ClN3O. The lowest BCUT2D eigenvalue weighted by molar-refractivity contribution is 0.120. The largest absolute Gasteiger partial charge is 0.331 e. The molecule has 104 valence electrons. The highest BCUT2D eigenvalue weighted by Crippen LogP contribution is 2.18. The highest BCUT2D eigenvalue weighted by atomic mass is 35.5. The summed E-state index contributed by atoms with van der Waals surface area (Å²) in [6.45, 7) is 4.20. The number of amides is 2. The molecule has 4 nitrogen and oxygen atoms in total. The molecule has 0 atom stereocenters. The Bertz CT molecular complexity index is 442. The maximum absolute atomic E-state index is 11.8. The standard InChI is InChI=1S/C14H20ClN3O/c1-16(2)14(19)18-9-7-17(8-10-18)11-12-5-3-4-6-13(12)15/h3-6H,7-11H2,1-2H3. The van der Waals surface area contributed by atoms with Crippen LogP contribution in [0, 0.1) is 0 Å². The molecule has 1 aromatic rings. The van der Waals surface area contributed by atoms with Gasteiger partial charge >= 0.3 is 6.03 Å². The van der Waals surface area contributed by atoms with Gasteiger partial charge in [0.25, 0.3) is 0 Å². The van der Waals surface area contributed by atoms with Gasteiger partial charge in [-0.2, -0.15) is 0 Å². The second-order valence-corrected chi connectivity index (χ2v) is 5.44. The van der Waals surface area contributed by atoms with Gasteiger partial charge in [-0.15, -0.1) is 0 Å². The molecule has 0 bridgehead atoms. The molecule has 1 fully saturated rings. The fourth-order valence-electron chi connectivity index (χ4n) is 2.25. The van der Waals surface area contributed by atoms with Gasteiger partial charge in [0, 0.05) is 51.8 Å². The van der Waals surface area contributed by atoms with E-state index in [9.17, 15) is 4.79 Å². The third-order valence-corrected chi connectivity index (χ3v) is 3.75. The molecule has 0 unspecified atom stereocenters. The molecule has 0 radical (unpaired) electrons. The van der Waals surface area contributed by atoms with Crippen molar-refractivity contribution >= 4 is 17.6 Å². The maximum Gasteiger partial charge on any atom is 0.319 e. The highest BCUT2D eigenvalue weighted by Gasteiger charge is 2.22. The van der Waals surface area contributed by atoms with E-state index in [0.717, 1.165) is 43.3 Å². The molecule has 0 saturated carbocycles. The summed E-state index contributed by atoms with van der Waals surface area (Å²) in [4.78, 5) is 17.7. The van der Waals surface area contributed by atoms with E-state index in [1.807, 2.05) is 23.1 Å². The number of hydrogen-bond donors (Lipinski definition) is 0. The van der Waals surface area contributed by atoms with Crippen LogP contribution in [0.5, 0.6) is 0 Å². The molecular weight excluding hydrogens is 262 g/mol. The Kier molecular flexibility index (Phi) is 4.66. The quantitative estimate of drug-likeness (QED) is 0.830. The van der Waals surface area contributed by atoms with Gasteiger partial charge in [-0.25, -0.2) is 4.79 Å². The van der Waals surface area contributed by atoms with Crippen LogP contribution in [-0.4, -0.2) is 61.0 Å².